The lowest BCUT2D eigenvalue weighted by molar-refractivity contribution is -0.122. The number of carbonyl (C=O) groups excluding carboxylic acids is 1. The summed E-state index contributed by atoms with van der Waals surface area (Å²) in [5.41, 5.74) is 2.78. The molecule has 3 aromatic rings. The summed E-state index contributed by atoms with van der Waals surface area (Å²) in [5.74, 6) is 0.188. The Labute approximate surface area is 162 Å². The second-order valence-corrected chi connectivity index (χ2v) is 8.71. The van der Waals surface area contributed by atoms with Crippen LogP contribution in [0.25, 0.3) is 10.9 Å². The standard InChI is InChI=1S/C21H23N3O2S/c1-12-19(23-13(2)27-12)10-20(26)24-21(15-8-17(25)9-15)16-7-14-5-3-4-6-18(14)22-11-16/h3-7,11,15,17,21,25H,8-10H2,1-2H3,(H,24,26)/t15?,17?,21-/m0/s1. The molecule has 0 spiro atoms. The second kappa shape index (κ2) is 7.37. The molecule has 0 aliphatic heterocycles. The highest BCUT2D eigenvalue weighted by Gasteiger charge is 2.36. The normalized spacial score (nSPS) is 20.3. The number of rotatable bonds is 5. The van der Waals surface area contributed by atoms with Crippen molar-refractivity contribution < 1.29 is 9.90 Å². The van der Waals surface area contributed by atoms with Crippen LogP contribution in [0.3, 0.4) is 0 Å². The molecule has 1 fully saturated rings. The van der Waals surface area contributed by atoms with E-state index in [0.29, 0.717) is 12.8 Å². The van der Waals surface area contributed by atoms with Gasteiger partial charge in [0.1, 0.15) is 0 Å². The number of fused-ring (bicyclic) bond motifs is 1. The van der Waals surface area contributed by atoms with Crippen LogP contribution >= 0.6 is 11.3 Å². The van der Waals surface area contributed by atoms with Crippen LogP contribution < -0.4 is 5.32 Å². The van der Waals surface area contributed by atoms with Gasteiger partial charge in [-0.25, -0.2) is 4.98 Å². The maximum Gasteiger partial charge on any atom is 0.226 e. The molecule has 0 radical (unpaired) electrons. The Morgan fingerprint density at radius 1 is 1.33 bits per heavy atom. The summed E-state index contributed by atoms with van der Waals surface area (Å²) in [4.78, 5) is 22.8. The number of hydrogen-bond donors (Lipinski definition) is 2. The molecule has 4 rings (SSSR count). The molecule has 6 heteroatoms. The van der Waals surface area contributed by atoms with E-state index in [2.05, 4.69) is 21.4 Å². The fourth-order valence-electron chi connectivity index (χ4n) is 3.75. The van der Waals surface area contributed by atoms with Crippen molar-refractivity contribution in [3.05, 3.63) is 57.7 Å². The van der Waals surface area contributed by atoms with E-state index in [-0.39, 0.29) is 30.4 Å². The van der Waals surface area contributed by atoms with E-state index in [1.54, 1.807) is 11.3 Å². The number of thiazole rings is 1. The molecule has 0 saturated heterocycles. The average molecular weight is 382 g/mol. The predicted octanol–water partition coefficient (Wildman–Crippen LogP) is 3.48. The van der Waals surface area contributed by atoms with Gasteiger partial charge in [0.2, 0.25) is 5.91 Å². The average Bonchev–Trinajstić information content (AvgIpc) is 2.94. The van der Waals surface area contributed by atoms with E-state index >= 15 is 0 Å². The molecule has 1 aromatic carbocycles. The Morgan fingerprint density at radius 2 is 2.11 bits per heavy atom. The number of hydrogen-bond acceptors (Lipinski definition) is 5. The number of carbonyl (C=O) groups is 1. The van der Waals surface area contributed by atoms with E-state index in [1.165, 1.54) is 0 Å². The third-order valence-electron chi connectivity index (χ3n) is 5.24. The van der Waals surface area contributed by atoms with E-state index in [0.717, 1.165) is 32.0 Å². The largest absolute Gasteiger partial charge is 0.393 e. The quantitative estimate of drug-likeness (QED) is 0.709. The van der Waals surface area contributed by atoms with Gasteiger partial charge in [0, 0.05) is 16.5 Å². The van der Waals surface area contributed by atoms with Crippen molar-refractivity contribution in [2.45, 2.75) is 45.3 Å². The number of aryl methyl sites for hydroxylation is 2. The summed E-state index contributed by atoms with van der Waals surface area (Å²) in [5, 5.41) is 15.0. The number of aliphatic hydroxyl groups is 1. The topological polar surface area (TPSA) is 75.1 Å². The predicted molar refractivity (Wildman–Crippen MR) is 107 cm³/mol. The fourth-order valence-corrected chi connectivity index (χ4v) is 4.58. The van der Waals surface area contributed by atoms with Crippen molar-refractivity contribution in [3.8, 4) is 0 Å². The maximum atomic E-state index is 12.7. The van der Waals surface area contributed by atoms with Gasteiger partial charge in [-0.05, 0) is 50.3 Å². The summed E-state index contributed by atoms with van der Waals surface area (Å²) < 4.78 is 0. The molecule has 1 saturated carbocycles. The smallest absolute Gasteiger partial charge is 0.226 e. The Kier molecular flexibility index (Phi) is 4.93. The van der Waals surface area contributed by atoms with Crippen molar-refractivity contribution in [1.82, 2.24) is 15.3 Å². The number of aromatic nitrogens is 2. The summed E-state index contributed by atoms with van der Waals surface area (Å²) >= 11 is 1.62. The second-order valence-electron chi connectivity index (χ2n) is 7.30. The first-order chi connectivity index (χ1) is 13.0. The van der Waals surface area contributed by atoms with Crippen LogP contribution in [0.2, 0.25) is 0 Å². The molecule has 2 N–H and O–H groups in total. The maximum absolute atomic E-state index is 12.7. The van der Waals surface area contributed by atoms with E-state index in [1.807, 2.05) is 44.3 Å². The summed E-state index contributed by atoms with van der Waals surface area (Å²) in [6.07, 6.45) is 3.25. The van der Waals surface area contributed by atoms with Crippen LogP contribution in [0.15, 0.2) is 36.5 Å². The minimum absolute atomic E-state index is 0.0389. The van der Waals surface area contributed by atoms with Gasteiger partial charge in [-0.3, -0.25) is 9.78 Å². The van der Waals surface area contributed by atoms with Gasteiger partial charge >= 0.3 is 0 Å². The molecule has 27 heavy (non-hydrogen) atoms. The molecule has 0 bridgehead atoms. The first-order valence-corrected chi connectivity index (χ1v) is 10.1. The van der Waals surface area contributed by atoms with Crippen LogP contribution in [-0.4, -0.2) is 27.1 Å². The molecule has 1 aliphatic carbocycles. The molecule has 1 aliphatic rings. The highest BCUT2D eigenvalue weighted by molar-refractivity contribution is 7.11. The van der Waals surface area contributed by atoms with Gasteiger partial charge < -0.3 is 10.4 Å². The summed E-state index contributed by atoms with van der Waals surface area (Å²) in [6.45, 7) is 3.96. The van der Waals surface area contributed by atoms with Crippen molar-refractivity contribution in [2.24, 2.45) is 5.92 Å². The zero-order chi connectivity index (χ0) is 19.0. The molecule has 5 nitrogen and oxygen atoms in total. The Hall–Kier alpha value is -2.31. The minimum Gasteiger partial charge on any atom is -0.393 e. The zero-order valence-corrected chi connectivity index (χ0v) is 16.3. The Balaban J connectivity index is 1.56. The van der Waals surface area contributed by atoms with E-state index < -0.39 is 0 Å². The number of nitrogens with one attached hydrogen (secondary N) is 1. The van der Waals surface area contributed by atoms with Gasteiger partial charge in [0.25, 0.3) is 0 Å². The van der Waals surface area contributed by atoms with Gasteiger partial charge in [-0.15, -0.1) is 11.3 Å². The van der Waals surface area contributed by atoms with Crippen molar-refractivity contribution in [2.75, 3.05) is 0 Å². The van der Waals surface area contributed by atoms with Gasteiger partial charge in [-0.1, -0.05) is 18.2 Å². The highest BCUT2D eigenvalue weighted by Crippen LogP contribution is 2.38. The van der Waals surface area contributed by atoms with Crippen LogP contribution in [0.5, 0.6) is 0 Å². The zero-order valence-electron chi connectivity index (χ0n) is 15.5. The third-order valence-corrected chi connectivity index (χ3v) is 6.16. The SMILES string of the molecule is Cc1nc(CC(=O)N[C@H](c2cnc3ccccc3c2)C2CC(O)C2)c(C)s1. The number of para-hydroxylation sites is 1. The van der Waals surface area contributed by atoms with Gasteiger partial charge in [0.05, 0.1) is 34.8 Å². The molecule has 0 unspecified atom stereocenters. The third kappa shape index (κ3) is 3.87. The number of pyridine rings is 1. The summed E-state index contributed by atoms with van der Waals surface area (Å²) in [6, 6.07) is 9.92. The van der Waals surface area contributed by atoms with Crippen LogP contribution in [0.4, 0.5) is 0 Å². The van der Waals surface area contributed by atoms with Crippen molar-refractivity contribution >= 4 is 28.1 Å². The van der Waals surface area contributed by atoms with Crippen LogP contribution in [0.1, 0.15) is 40.0 Å². The lowest BCUT2D eigenvalue weighted by Crippen LogP contribution is -2.42. The number of nitrogens with zero attached hydrogens (tertiary/aromatic N) is 2. The lowest BCUT2D eigenvalue weighted by Gasteiger charge is -2.38. The van der Waals surface area contributed by atoms with Crippen molar-refractivity contribution in [3.63, 3.8) is 0 Å². The van der Waals surface area contributed by atoms with Crippen molar-refractivity contribution in [1.29, 1.82) is 0 Å². The molecule has 2 aromatic heterocycles. The lowest BCUT2D eigenvalue weighted by atomic mass is 9.75. The molecule has 1 atom stereocenters. The van der Waals surface area contributed by atoms with Crippen LogP contribution in [-0.2, 0) is 11.2 Å². The Morgan fingerprint density at radius 3 is 2.81 bits per heavy atom. The monoisotopic (exact) mass is 381 g/mol. The van der Waals surface area contributed by atoms with Crippen LogP contribution in [0, 0.1) is 19.8 Å². The highest BCUT2D eigenvalue weighted by atomic mass is 32.1. The molecular formula is C21H23N3O2S. The number of amides is 1. The first kappa shape index (κ1) is 18.1. The van der Waals surface area contributed by atoms with Gasteiger partial charge in [0.15, 0.2) is 0 Å². The first-order valence-electron chi connectivity index (χ1n) is 9.24. The molecule has 2 heterocycles. The van der Waals surface area contributed by atoms with E-state index in [4.69, 9.17) is 0 Å². The number of benzene rings is 1. The minimum atomic E-state index is -0.272. The molecule has 140 valence electrons. The molecule has 1 amide bonds. The Bertz CT molecular complexity index is 978. The van der Waals surface area contributed by atoms with E-state index in [9.17, 15) is 9.90 Å². The fraction of sp³-hybridized carbons (Fsp3) is 0.381. The summed E-state index contributed by atoms with van der Waals surface area (Å²) in [7, 11) is 0. The molecular weight excluding hydrogens is 358 g/mol. The van der Waals surface area contributed by atoms with Gasteiger partial charge in [-0.2, -0.15) is 0 Å². The number of aliphatic hydroxyl groups excluding tert-OH is 1.